The SMILES string of the molecule is CCc1ccc2c(-c3ccc4c(c3)OCO4)cnc(N(C)CCO)c2c1. The van der Waals surface area contributed by atoms with Gasteiger partial charge in [0.2, 0.25) is 6.79 Å². The number of hydrogen-bond acceptors (Lipinski definition) is 5. The van der Waals surface area contributed by atoms with Crippen LogP contribution in [-0.2, 0) is 6.42 Å². The number of aliphatic hydroxyl groups is 1. The lowest BCUT2D eigenvalue weighted by molar-refractivity contribution is 0.174. The Labute approximate surface area is 152 Å². The third-order valence-corrected chi connectivity index (χ3v) is 4.82. The summed E-state index contributed by atoms with van der Waals surface area (Å²) in [6.07, 6.45) is 2.86. The van der Waals surface area contributed by atoms with Crippen molar-refractivity contribution < 1.29 is 14.6 Å². The van der Waals surface area contributed by atoms with E-state index in [1.54, 1.807) is 0 Å². The molecule has 0 amide bonds. The molecule has 1 aliphatic rings. The first-order chi connectivity index (χ1) is 12.7. The summed E-state index contributed by atoms with van der Waals surface area (Å²) in [5.41, 5.74) is 3.37. The van der Waals surface area contributed by atoms with Crippen molar-refractivity contribution in [2.75, 3.05) is 31.9 Å². The molecular weight excluding hydrogens is 328 g/mol. The summed E-state index contributed by atoms with van der Waals surface area (Å²) in [6, 6.07) is 12.5. The van der Waals surface area contributed by atoms with Crippen LogP contribution in [0.3, 0.4) is 0 Å². The Bertz CT molecular complexity index is 955. The second-order valence-electron chi connectivity index (χ2n) is 6.44. The van der Waals surface area contributed by atoms with Crippen LogP contribution in [0.4, 0.5) is 5.82 Å². The number of hydrogen-bond donors (Lipinski definition) is 1. The molecule has 2 heterocycles. The van der Waals surface area contributed by atoms with Gasteiger partial charge in [0, 0.05) is 30.7 Å². The molecule has 0 saturated heterocycles. The number of anilines is 1. The molecule has 4 rings (SSSR count). The molecule has 2 aromatic carbocycles. The molecule has 0 bridgehead atoms. The molecule has 1 aliphatic heterocycles. The van der Waals surface area contributed by atoms with Crippen LogP contribution in [-0.4, -0.2) is 37.1 Å². The molecule has 0 aliphatic carbocycles. The van der Waals surface area contributed by atoms with Crippen LogP contribution in [0.15, 0.2) is 42.6 Å². The van der Waals surface area contributed by atoms with Crippen LogP contribution < -0.4 is 14.4 Å². The molecule has 0 atom stereocenters. The lowest BCUT2D eigenvalue weighted by Crippen LogP contribution is -2.22. The minimum absolute atomic E-state index is 0.0943. The van der Waals surface area contributed by atoms with Gasteiger partial charge in [-0.25, -0.2) is 4.98 Å². The fourth-order valence-corrected chi connectivity index (χ4v) is 3.35. The van der Waals surface area contributed by atoms with Gasteiger partial charge in [0.25, 0.3) is 0 Å². The Morgan fingerprint density at radius 3 is 2.73 bits per heavy atom. The zero-order valence-corrected chi connectivity index (χ0v) is 15.0. The molecule has 3 aromatic rings. The Balaban J connectivity index is 1.90. The van der Waals surface area contributed by atoms with Gasteiger partial charge in [-0.15, -0.1) is 0 Å². The highest BCUT2D eigenvalue weighted by atomic mass is 16.7. The smallest absolute Gasteiger partial charge is 0.231 e. The normalized spacial score (nSPS) is 12.6. The third-order valence-electron chi connectivity index (χ3n) is 4.82. The lowest BCUT2D eigenvalue weighted by atomic mass is 9.98. The second-order valence-corrected chi connectivity index (χ2v) is 6.44. The molecule has 0 fully saturated rings. The molecule has 0 radical (unpaired) electrons. The van der Waals surface area contributed by atoms with Crippen LogP contribution in [0.5, 0.6) is 11.5 Å². The maximum absolute atomic E-state index is 9.30. The molecule has 0 saturated carbocycles. The highest BCUT2D eigenvalue weighted by Gasteiger charge is 2.17. The number of aryl methyl sites for hydroxylation is 1. The van der Waals surface area contributed by atoms with Crippen molar-refractivity contribution in [1.82, 2.24) is 4.98 Å². The first kappa shape index (κ1) is 16.7. The predicted molar refractivity (Wildman–Crippen MR) is 103 cm³/mol. The second kappa shape index (κ2) is 6.84. The maximum atomic E-state index is 9.30. The summed E-state index contributed by atoms with van der Waals surface area (Å²) in [7, 11) is 1.96. The molecule has 0 spiro atoms. The number of rotatable bonds is 5. The maximum Gasteiger partial charge on any atom is 0.231 e. The molecule has 5 nitrogen and oxygen atoms in total. The summed E-state index contributed by atoms with van der Waals surface area (Å²) < 4.78 is 10.9. The van der Waals surface area contributed by atoms with Crippen molar-refractivity contribution in [2.45, 2.75) is 13.3 Å². The zero-order valence-electron chi connectivity index (χ0n) is 15.0. The van der Waals surface area contributed by atoms with E-state index in [4.69, 9.17) is 14.5 Å². The first-order valence-electron chi connectivity index (χ1n) is 8.85. The van der Waals surface area contributed by atoms with Gasteiger partial charge in [-0.3, -0.25) is 0 Å². The summed E-state index contributed by atoms with van der Waals surface area (Å²) in [4.78, 5) is 6.70. The first-order valence-corrected chi connectivity index (χ1v) is 8.85. The van der Waals surface area contributed by atoms with E-state index in [-0.39, 0.29) is 13.4 Å². The van der Waals surface area contributed by atoms with Gasteiger partial charge in [0.15, 0.2) is 11.5 Å². The summed E-state index contributed by atoms with van der Waals surface area (Å²) in [6.45, 7) is 3.05. The largest absolute Gasteiger partial charge is 0.454 e. The predicted octanol–water partition coefficient (Wildman–Crippen LogP) is 3.62. The standard InChI is InChI=1S/C21H22N2O3/c1-3-14-4-6-16-17(10-14)21(23(2)8-9-24)22-12-18(16)15-5-7-19-20(11-15)26-13-25-19/h4-7,10-12,24H,3,8-9,13H2,1-2H3. The quantitative estimate of drug-likeness (QED) is 0.762. The Morgan fingerprint density at radius 2 is 1.92 bits per heavy atom. The third kappa shape index (κ3) is 2.84. The molecule has 0 unspecified atom stereocenters. The molecule has 1 aromatic heterocycles. The Hall–Kier alpha value is -2.79. The van der Waals surface area contributed by atoms with E-state index in [1.807, 2.05) is 36.3 Å². The number of fused-ring (bicyclic) bond motifs is 2. The van der Waals surface area contributed by atoms with Crippen LogP contribution in [0.1, 0.15) is 12.5 Å². The summed E-state index contributed by atoms with van der Waals surface area (Å²) in [5, 5.41) is 11.5. The van der Waals surface area contributed by atoms with E-state index in [2.05, 4.69) is 25.1 Å². The van der Waals surface area contributed by atoms with E-state index < -0.39 is 0 Å². The topological polar surface area (TPSA) is 54.8 Å². The van der Waals surface area contributed by atoms with Crippen LogP contribution in [0.25, 0.3) is 21.9 Å². The van der Waals surface area contributed by atoms with Crippen molar-refractivity contribution in [1.29, 1.82) is 0 Å². The minimum atomic E-state index is 0.0943. The van der Waals surface area contributed by atoms with Crippen molar-refractivity contribution in [3.8, 4) is 22.6 Å². The average Bonchev–Trinajstić information content (AvgIpc) is 3.14. The molecule has 5 heteroatoms. The van der Waals surface area contributed by atoms with Gasteiger partial charge in [0.05, 0.1) is 6.61 Å². The number of nitrogens with zero attached hydrogens (tertiary/aromatic N) is 2. The summed E-state index contributed by atoms with van der Waals surface area (Å²) in [5.74, 6) is 2.43. The number of benzene rings is 2. The zero-order chi connectivity index (χ0) is 18.1. The molecule has 1 N–H and O–H groups in total. The Kier molecular flexibility index (Phi) is 4.39. The van der Waals surface area contributed by atoms with E-state index >= 15 is 0 Å². The highest BCUT2D eigenvalue weighted by Crippen LogP contribution is 2.39. The summed E-state index contributed by atoms with van der Waals surface area (Å²) >= 11 is 0. The average molecular weight is 350 g/mol. The van der Waals surface area contributed by atoms with Gasteiger partial charge in [-0.2, -0.15) is 0 Å². The number of ether oxygens (including phenoxy) is 2. The molecule has 26 heavy (non-hydrogen) atoms. The van der Waals surface area contributed by atoms with E-state index in [0.29, 0.717) is 6.54 Å². The van der Waals surface area contributed by atoms with Crippen LogP contribution in [0.2, 0.25) is 0 Å². The number of likely N-dealkylation sites (N-methyl/N-ethyl adjacent to an activating group) is 1. The monoisotopic (exact) mass is 350 g/mol. The van der Waals surface area contributed by atoms with E-state index in [9.17, 15) is 5.11 Å². The minimum Gasteiger partial charge on any atom is -0.454 e. The van der Waals surface area contributed by atoms with Gasteiger partial charge in [-0.1, -0.05) is 25.1 Å². The number of aliphatic hydroxyl groups excluding tert-OH is 1. The number of aromatic nitrogens is 1. The fourth-order valence-electron chi connectivity index (χ4n) is 3.35. The van der Waals surface area contributed by atoms with Gasteiger partial charge in [0.1, 0.15) is 5.82 Å². The Morgan fingerprint density at radius 1 is 1.08 bits per heavy atom. The highest BCUT2D eigenvalue weighted by molar-refractivity contribution is 6.02. The van der Waals surface area contributed by atoms with Gasteiger partial charge < -0.3 is 19.5 Å². The van der Waals surface area contributed by atoms with Crippen molar-refractivity contribution >= 4 is 16.6 Å². The van der Waals surface area contributed by atoms with Gasteiger partial charge in [-0.05, 0) is 41.1 Å². The lowest BCUT2D eigenvalue weighted by Gasteiger charge is -2.20. The van der Waals surface area contributed by atoms with Crippen molar-refractivity contribution in [2.24, 2.45) is 0 Å². The van der Waals surface area contributed by atoms with Crippen LogP contribution in [0, 0.1) is 0 Å². The number of pyridine rings is 1. The van der Waals surface area contributed by atoms with Crippen LogP contribution >= 0.6 is 0 Å². The fraction of sp³-hybridized carbons (Fsp3) is 0.286. The van der Waals surface area contributed by atoms with Gasteiger partial charge >= 0.3 is 0 Å². The molecule has 134 valence electrons. The molecular formula is C21H22N2O3. The van der Waals surface area contributed by atoms with Crippen molar-refractivity contribution in [3.05, 3.63) is 48.2 Å². The van der Waals surface area contributed by atoms with Crippen molar-refractivity contribution in [3.63, 3.8) is 0 Å². The van der Waals surface area contributed by atoms with E-state index in [0.717, 1.165) is 45.6 Å². The van der Waals surface area contributed by atoms with E-state index in [1.165, 1.54) is 5.56 Å².